The van der Waals surface area contributed by atoms with Crippen LogP contribution in [-0.2, 0) is 76.0 Å². The van der Waals surface area contributed by atoms with Gasteiger partial charge in [-0.1, -0.05) is 139 Å². The Labute approximate surface area is 383 Å². The second-order valence-corrected chi connectivity index (χ2v) is 17.6. The van der Waals surface area contributed by atoms with Crippen molar-refractivity contribution in [3.05, 3.63) is 206 Å². The molecule has 66 heavy (non-hydrogen) atoms. The van der Waals surface area contributed by atoms with Gasteiger partial charge in [-0.05, 0) is 48.2 Å². The van der Waals surface area contributed by atoms with Gasteiger partial charge in [-0.3, -0.25) is 18.4 Å². The third-order valence-corrected chi connectivity index (χ3v) is 12.5. The highest BCUT2D eigenvalue weighted by Gasteiger charge is 2.62. The van der Waals surface area contributed by atoms with Crippen LogP contribution < -0.4 is 16.7 Å². The summed E-state index contributed by atoms with van der Waals surface area (Å²) in [4.78, 5) is 46.5. The van der Waals surface area contributed by atoms with Crippen molar-refractivity contribution in [1.29, 1.82) is 0 Å². The summed E-state index contributed by atoms with van der Waals surface area (Å²) in [7, 11) is -4.43. The molecule has 346 valence electrons. The third-order valence-electron chi connectivity index (χ3n) is 11.2. The van der Waals surface area contributed by atoms with Crippen LogP contribution in [0.1, 0.15) is 52.5 Å². The fraction of sp³-hybridized carbons (Fsp3) is 0.300. The maximum atomic E-state index is 14.5. The van der Waals surface area contributed by atoms with Crippen molar-refractivity contribution in [3.63, 3.8) is 0 Å². The molecule has 0 bridgehead atoms. The van der Waals surface area contributed by atoms with Crippen LogP contribution in [0.25, 0.3) is 0 Å². The lowest BCUT2D eigenvalue weighted by Gasteiger charge is -2.43. The van der Waals surface area contributed by atoms with E-state index in [1.165, 1.54) is 22.9 Å². The summed E-state index contributed by atoms with van der Waals surface area (Å²) in [5.74, 6) is 0. The lowest BCUT2D eigenvalue weighted by Crippen LogP contribution is -2.59. The predicted molar refractivity (Wildman–Crippen MR) is 243 cm³/mol. The number of amides is 1. The van der Waals surface area contributed by atoms with E-state index < -0.39 is 51.5 Å². The van der Waals surface area contributed by atoms with Crippen LogP contribution >= 0.6 is 0 Å². The van der Waals surface area contributed by atoms with Gasteiger partial charge in [0.15, 0.2) is 0 Å². The molecule has 0 radical (unpaired) electrons. The van der Waals surface area contributed by atoms with E-state index in [-0.39, 0.29) is 69.7 Å². The smallest absolute Gasteiger partial charge is 0.431 e. The van der Waals surface area contributed by atoms with Crippen molar-refractivity contribution < 1.29 is 45.9 Å². The van der Waals surface area contributed by atoms with E-state index in [4.69, 9.17) is 32.7 Å². The number of carbonyl (C=O) groups is 1. The molecular weight excluding hydrogens is 867 g/mol. The lowest BCUT2D eigenvalue weighted by molar-refractivity contribution is -0.217. The van der Waals surface area contributed by atoms with Gasteiger partial charge in [-0.25, -0.2) is 14.2 Å². The maximum absolute atomic E-state index is 14.5. The molecule has 1 fully saturated rings. The van der Waals surface area contributed by atoms with Crippen LogP contribution in [-0.4, -0.2) is 54.7 Å². The summed E-state index contributed by atoms with van der Waals surface area (Å²) in [6.07, 6.45) is -0.806. The first-order valence-electron chi connectivity index (χ1n) is 21.4. The molecule has 1 saturated heterocycles. The Balaban J connectivity index is 1.27. The number of hydrogen-bond donors (Lipinski definition) is 1. The number of hydroxylamine groups is 1. The molecule has 0 aliphatic carbocycles. The largest absolute Gasteiger partial charge is 0.443 e. The van der Waals surface area contributed by atoms with Crippen molar-refractivity contribution >= 4 is 16.2 Å². The number of carbonyl (C=O) groups excluding carboxylic acids is 1. The van der Waals surface area contributed by atoms with Gasteiger partial charge in [0.05, 0.1) is 37.9 Å². The number of aryl methyl sites for hydroxylation is 2. The van der Waals surface area contributed by atoms with Crippen molar-refractivity contribution in [2.45, 2.75) is 82.2 Å². The van der Waals surface area contributed by atoms with Gasteiger partial charge in [0.1, 0.15) is 37.4 Å². The van der Waals surface area contributed by atoms with Gasteiger partial charge in [0.2, 0.25) is 0 Å². The summed E-state index contributed by atoms with van der Waals surface area (Å²) < 4.78 is 67.8. The van der Waals surface area contributed by atoms with Gasteiger partial charge >= 0.3 is 11.8 Å². The molecule has 0 spiro atoms. The number of benzene rings is 5. The first-order valence-corrected chi connectivity index (χ1v) is 22.8. The second kappa shape index (κ2) is 22.3. The average Bonchev–Trinajstić information content (AvgIpc) is 3.65. The maximum Gasteiger partial charge on any atom is 0.431 e. The van der Waals surface area contributed by atoms with Crippen LogP contribution in [0, 0.1) is 13.8 Å². The molecule has 0 unspecified atom stereocenters. The van der Waals surface area contributed by atoms with Gasteiger partial charge < -0.3 is 23.7 Å². The fourth-order valence-electron chi connectivity index (χ4n) is 7.63. The van der Waals surface area contributed by atoms with E-state index in [0.717, 1.165) is 32.4 Å². The Hall–Kier alpha value is -6.24. The first-order chi connectivity index (χ1) is 32.0. The highest BCUT2D eigenvalue weighted by molar-refractivity contribution is 7.86. The molecule has 2 heterocycles. The van der Waals surface area contributed by atoms with E-state index in [2.05, 4.69) is 5.48 Å². The average molecular weight is 920 g/mol. The van der Waals surface area contributed by atoms with Crippen molar-refractivity contribution in [1.82, 2.24) is 14.6 Å². The van der Waals surface area contributed by atoms with Crippen molar-refractivity contribution in [2.24, 2.45) is 0 Å². The summed E-state index contributed by atoms with van der Waals surface area (Å²) in [5, 5.41) is 0. The van der Waals surface area contributed by atoms with E-state index in [0.29, 0.717) is 0 Å². The standard InChI is InChI=1S/C50H53N3O12S/c1-38-23-25-44(26-24-38)66(57,58)64-36-50(35-59-31-40-15-7-3-8-16-40)49(62-34-43-21-13-6-14-22-43,27-28-63-51-47(55)61-33-42-19-11-5-12-20-42)29-45(65-50)52-30-39(2)46(54)53(48(52)56)37-60-32-41-17-9-4-10-18-41/h3-26,30,45H,27-29,31-37H2,1-2H3,(H,51,55)/t45-,49+,50+/m1/s1. The molecular formula is C50H53N3O12S. The highest BCUT2D eigenvalue weighted by Crippen LogP contribution is 2.50. The Morgan fingerprint density at radius 3 is 1.85 bits per heavy atom. The van der Waals surface area contributed by atoms with E-state index in [1.807, 2.05) is 128 Å². The third kappa shape index (κ3) is 12.1. The minimum atomic E-state index is -4.43. The van der Waals surface area contributed by atoms with Crippen LogP contribution in [0.15, 0.2) is 166 Å². The number of hydrogen-bond acceptors (Lipinski definition) is 12. The van der Waals surface area contributed by atoms with Crippen LogP contribution in [0.3, 0.4) is 0 Å². The van der Waals surface area contributed by atoms with Gasteiger partial charge in [0.25, 0.3) is 15.7 Å². The second-order valence-electron chi connectivity index (χ2n) is 16.0. The summed E-state index contributed by atoms with van der Waals surface area (Å²) in [6, 6.07) is 43.3. The lowest BCUT2D eigenvalue weighted by atomic mass is 9.80. The Morgan fingerprint density at radius 1 is 0.712 bits per heavy atom. The molecule has 16 heteroatoms. The number of ether oxygens (including phenoxy) is 5. The Bertz CT molecular complexity index is 2720. The number of nitrogens with zero attached hydrogens (tertiary/aromatic N) is 2. The van der Waals surface area contributed by atoms with Crippen molar-refractivity contribution in [3.8, 4) is 0 Å². The summed E-state index contributed by atoms with van der Waals surface area (Å²) >= 11 is 0. The van der Waals surface area contributed by atoms with Gasteiger partial charge in [0, 0.05) is 24.6 Å². The zero-order chi connectivity index (χ0) is 46.4. The Morgan fingerprint density at radius 2 is 1.26 bits per heavy atom. The zero-order valence-electron chi connectivity index (χ0n) is 36.8. The number of nitrogens with one attached hydrogen (secondary N) is 1. The molecule has 1 N–H and O–H groups in total. The van der Waals surface area contributed by atoms with Crippen LogP contribution in [0.5, 0.6) is 0 Å². The highest BCUT2D eigenvalue weighted by atomic mass is 32.2. The zero-order valence-corrected chi connectivity index (χ0v) is 37.6. The molecule has 7 rings (SSSR count). The van der Waals surface area contributed by atoms with E-state index >= 15 is 0 Å². The van der Waals surface area contributed by atoms with E-state index in [9.17, 15) is 22.8 Å². The Kier molecular flexibility index (Phi) is 16.1. The van der Waals surface area contributed by atoms with E-state index in [1.54, 1.807) is 19.1 Å². The first kappa shape index (κ1) is 47.7. The minimum Gasteiger partial charge on any atom is -0.443 e. The van der Waals surface area contributed by atoms with Gasteiger partial charge in [-0.15, -0.1) is 0 Å². The number of rotatable bonds is 22. The molecule has 1 aliphatic heterocycles. The summed E-state index contributed by atoms with van der Waals surface area (Å²) in [6.45, 7) is 2.10. The molecule has 15 nitrogen and oxygen atoms in total. The molecule has 3 atom stereocenters. The van der Waals surface area contributed by atoms with Crippen molar-refractivity contribution in [2.75, 3.05) is 19.8 Å². The van der Waals surface area contributed by atoms with Gasteiger partial charge in [-0.2, -0.15) is 13.9 Å². The fourth-order valence-corrected chi connectivity index (χ4v) is 8.58. The molecule has 6 aromatic rings. The number of aromatic nitrogens is 2. The molecule has 0 saturated carbocycles. The molecule has 1 amide bonds. The molecule has 1 aromatic heterocycles. The quantitative estimate of drug-likeness (QED) is 0.0411. The summed E-state index contributed by atoms with van der Waals surface area (Å²) in [5.41, 5.74) is 1.91. The van der Waals surface area contributed by atoms with Crippen LogP contribution in [0.4, 0.5) is 4.79 Å². The SMILES string of the molecule is Cc1ccc(S(=O)(=O)OC[C@]2(COCc3ccccc3)O[C@@H](n3cc(C)c(=O)n(COCc4ccccc4)c3=O)C[C@]2(CCONC(=O)OCc2ccccc2)OCc2ccccc2)cc1. The topological polar surface area (TPSA) is 172 Å². The van der Waals surface area contributed by atoms with Crippen LogP contribution in [0.2, 0.25) is 0 Å². The minimum absolute atomic E-state index is 0.00203. The predicted octanol–water partition coefficient (Wildman–Crippen LogP) is 7.28. The monoisotopic (exact) mass is 919 g/mol. The molecule has 5 aromatic carbocycles. The molecule has 1 aliphatic rings. The normalized spacial score (nSPS) is 18.2.